The maximum atomic E-state index is 10.9. The summed E-state index contributed by atoms with van der Waals surface area (Å²) in [7, 11) is 0. The van der Waals surface area contributed by atoms with Gasteiger partial charge in [-0.1, -0.05) is 48.5 Å². The van der Waals surface area contributed by atoms with Crippen LogP contribution in [0.15, 0.2) is 96.2 Å². The van der Waals surface area contributed by atoms with E-state index in [4.69, 9.17) is 5.10 Å². The molecule has 0 saturated carbocycles. The number of para-hydroxylation sites is 1. The Balaban J connectivity index is 1.47. The fraction of sp³-hybridized carbons (Fsp3) is 0.0833. The number of aromatic nitrogens is 2. The van der Waals surface area contributed by atoms with Gasteiger partial charge in [-0.2, -0.15) is 10.2 Å². The van der Waals surface area contributed by atoms with E-state index in [0.29, 0.717) is 6.42 Å². The van der Waals surface area contributed by atoms with Crippen molar-refractivity contribution in [3.8, 4) is 16.9 Å². The van der Waals surface area contributed by atoms with Gasteiger partial charge in [-0.15, -0.1) is 0 Å². The minimum Gasteiger partial charge on any atom is -0.302 e. The van der Waals surface area contributed by atoms with E-state index in [1.54, 1.807) is 12.1 Å². The van der Waals surface area contributed by atoms with Gasteiger partial charge in [-0.3, -0.25) is 10.1 Å². The number of nitrogens with zero attached hydrogens (tertiary/aromatic N) is 4. The van der Waals surface area contributed by atoms with Gasteiger partial charge in [-0.05, 0) is 29.8 Å². The fourth-order valence-electron chi connectivity index (χ4n) is 3.75. The number of hydrogen-bond acceptors (Lipinski definition) is 5. The maximum Gasteiger partial charge on any atom is 0.269 e. The minimum absolute atomic E-state index is 0.0436. The first-order valence-corrected chi connectivity index (χ1v) is 9.96. The molecule has 0 saturated heterocycles. The second kappa shape index (κ2) is 7.87. The lowest BCUT2D eigenvalue weighted by atomic mass is 9.97. The van der Waals surface area contributed by atoms with Crippen molar-refractivity contribution in [2.24, 2.45) is 5.10 Å². The summed E-state index contributed by atoms with van der Waals surface area (Å²) >= 11 is 0. The molecule has 0 aliphatic carbocycles. The predicted octanol–water partition coefficient (Wildman–Crippen LogP) is 4.89. The van der Waals surface area contributed by atoms with E-state index in [9.17, 15) is 10.1 Å². The highest BCUT2D eigenvalue weighted by molar-refractivity contribution is 6.02. The molecule has 1 aliphatic rings. The number of nitro benzene ring substituents is 1. The number of nitrogens with one attached hydrogen (secondary N) is 1. The van der Waals surface area contributed by atoms with E-state index in [2.05, 4.69) is 10.5 Å². The van der Waals surface area contributed by atoms with E-state index in [1.807, 2.05) is 71.5 Å². The number of nitro groups is 1. The first kappa shape index (κ1) is 18.7. The number of benzene rings is 3. The van der Waals surface area contributed by atoms with Gasteiger partial charge in [0.05, 0.1) is 28.1 Å². The highest BCUT2D eigenvalue weighted by Gasteiger charge is 2.26. The monoisotopic (exact) mass is 409 g/mol. The topological polar surface area (TPSA) is 85.4 Å². The molecule has 1 aromatic heterocycles. The maximum absolute atomic E-state index is 10.9. The minimum atomic E-state index is -0.397. The molecule has 5 rings (SSSR count). The molecule has 152 valence electrons. The Morgan fingerprint density at radius 1 is 0.903 bits per heavy atom. The third-order valence-corrected chi connectivity index (χ3v) is 5.35. The standard InChI is InChI=1S/C24H19N5O2/c30-29(31)20-13-11-17(12-14-20)22-15-23(26-25-22)21-16-28(19-9-5-2-6-10-19)27-24(21)18-7-3-1-4-8-18/h1-14,16,23,26H,15H2. The summed E-state index contributed by atoms with van der Waals surface area (Å²) in [6, 6.07) is 26.5. The van der Waals surface area contributed by atoms with E-state index >= 15 is 0 Å². The van der Waals surface area contributed by atoms with Crippen LogP contribution in [0.2, 0.25) is 0 Å². The van der Waals surface area contributed by atoms with Crippen LogP contribution >= 0.6 is 0 Å². The Labute approximate surface area is 178 Å². The molecule has 0 bridgehead atoms. The predicted molar refractivity (Wildman–Crippen MR) is 119 cm³/mol. The van der Waals surface area contributed by atoms with Gasteiger partial charge in [0.25, 0.3) is 5.69 Å². The molecule has 0 fully saturated rings. The van der Waals surface area contributed by atoms with Crippen molar-refractivity contribution in [2.45, 2.75) is 12.5 Å². The van der Waals surface area contributed by atoms with Crippen molar-refractivity contribution in [1.29, 1.82) is 0 Å². The second-order valence-corrected chi connectivity index (χ2v) is 7.33. The normalized spacial score (nSPS) is 15.4. The van der Waals surface area contributed by atoms with Crippen LogP contribution in [0.4, 0.5) is 5.69 Å². The first-order valence-electron chi connectivity index (χ1n) is 9.96. The van der Waals surface area contributed by atoms with Gasteiger partial charge in [0.15, 0.2) is 0 Å². The molecule has 0 radical (unpaired) electrons. The van der Waals surface area contributed by atoms with Crippen LogP contribution in [0.25, 0.3) is 16.9 Å². The van der Waals surface area contributed by atoms with Crippen molar-refractivity contribution in [2.75, 3.05) is 0 Å². The zero-order valence-corrected chi connectivity index (χ0v) is 16.6. The van der Waals surface area contributed by atoms with Crippen LogP contribution in [-0.2, 0) is 0 Å². The van der Waals surface area contributed by atoms with Gasteiger partial charge in [-0.25, -0.2) is 4.68 Å². The number of rotatable bonds is 5. The summed E-state index contributed by atoms with van der Waals surface area (Å²) < 4.78 is 1.89. The molecule has 0 amide bonds. The Morgan fingerprint density at radius 3 is 2.26 bits per heavy atom. The highest BCUT2D eigenvalue weighted by Crippen LogP contribution is 2.33. The highest BCUT2D eigenvalue weighted by atomic mass is 16.6. The molecule has 31 heavy (non-hydrogen) atoms. The second-order valence-electron chi connectivity index (χ2n) is 7.33. The van der Waals surface area contributed by atoms with Gasteiger partial charge < -0.3 is 5.43 Å². The summed E-state index contributed by atoms with van der Waals surface area (Å²) in [6.45, 7) is 0. The molecule has 7 heteroatoms. The van der Waals surface area contributed by atoms with Crippen LogP contribution in [0.5, 0.6) is 0 Å². The lowest BCUT2D eigenvalue weighted by molar-refractivity contribution is -0.384. The van der Waals surface area contributed by atoms with Crippen LogP contribution in [0, 0.1) is 10.1 Å². The summed E-state index contributed by atoms with van der Waals surface area (Å²) in [5.74, 6) is 0. The molecular weight excluding hydrogens is 390 g/mol. The molecule has 1 unspecified atom stereocenters. The molecule has 3 aromatic carbocycles. The largest absolute Gasteiger partial charge is 0.302 e. The van der Waals surface area contributed by atoms with Crippen molar-refractivity contribution in [3.63, 3.8) is 0 Å². The van der Waals surface area contributed by atoms with Gasteiger partial charge >= 0.3 is 0 Å². The smallest absolute Gasteiger partial charge is 0.269 e. The molecule has 2 heterocycles. The lowest BCUT2D eigenvalue weighted by Crippen LogP contribution is -2.10. The first-order chi connectivity index (χ1) is 15.2. The van der Waals surface area contributed by atoms with Crippen LogP contribution < -0.4 is 5.43 Å². The van der Waals surface area contributed by atoms with Gasteiger partial charge in [0.2, 0.25) is 0 Å². The number of non-ortho nitro benzene ring substituents is 1. The summed E-state index contributed by atoms with van der Waals surface area (Å²) in [5, 5.41) is 20.3. The zero-order chi connectivity index (χ0) is 21.2. The molecular formula is C24H19N5O2. The third kappa shape index (κ3) is 3.69. The van der Waals surface area contributed by atoms with Crippen molar-refractivity contribution in [1.82, 2.24) is 15.2 Å². The zero-order valence-electron chi connectivity index (χ0n) is 16.6. The average Bonchev–Trinajstić information content (AvgIpc) is 3.48. The van der Waals surface area contributed by atoms with E-state index in [0.717, 1.165) is 33.8 Å². The van der Waals surface area contributed by atoms with Crippen LogP contribution in [0.1, 0.15) is 23.6 Å². The summed E-state index contributed by atoms with van der Waals surface area (Å²) in [4.78, 5) is 10.5. The average molecular weight is 409 g/mol. The van der Waals surface area contributed by atoms with E-state index < -0.39 is 4.92 Å². The van der Waals surface area contributed by atoms with E-state index in [1.165, 1.54) is 12.1 Å². The van der Waals surface area contributed by atoms with Gasteiger partial charge in [0.1, 0.15) is 0 Å². The van der Waals surface area contributed by atoms with Gasteiger partial charge in [0, 0.05) is 35.9 Å². The number of hydrazone groups is 1. The quantitative estimate of drug-likeness (QED) is 0.376. The molecule has 1 N–H and O–H groups in total. The molecule has 0 spiro atoms. The SMILES string of the molecule is O=[N+]([O-])c1ccc(C2=NNC(c3cn(-c4ccccc4)nc3-c3ccccc3)C2)cc1. The Hall–Kier alpha value is -4.26. The van der Waals surface area contributed by atoms with E-state index in [-0.39, 0.29) is 11.7 Å². The van der Waals surface area contributed by atoms with Crippen LogP contribution in [0.3, 0.4) is 0 Å². The molecule has 7 nitrogen and oxygen atoms in total. The molecule has 1 aliphatic heterocycles. The summed E-state index contributed by atoms with van der Waals surface area (Å²) in [6.07, 6.45) is 2.71. The lowest BCUT2D eigenvalue weighted by Gasteiger charge is -2.10. The Kier molecular flexibility index (Phi) is 4.76. The van der Waals surface area contributed by atoms with Crippen LogP contribution in [-0.4, -0.2) is 20.4 Å². The Bertz CT molecular complexity index is 1250. The molecule has 4 aromatic rings. The van der Waals surface area contributed by atoms with Crippen molar-refractivity contribution < 1.29 is 4.92 Å². The third-order valence-electron chi connectivity index (χ3n) is 5.35. The number of hydrogen-bond donors (Lipinski definition) is 1. The molecule has 1 atom stereocenters. The van der Waals surface area contributed by atoms with Crippen molar-refractivity contribution in [3.05, 3.63) is 112 Å². The van der Waals surface area contributed by atoms with Crippen molar-refractivity contribution >= 4 is 11.4 Å². The fourth-order valence-corrected chi connectivity index (χ4v) is 3.75. The summed E-state index contributed by atoms with van der Waals surface area (Å²) in [5.41, 5.74) is 9.03. The Morgan fingerprint density at radius 2 is 1.58 bits per heavy atom.